The standard InChI is InChI=1S/C14H11ClN4O5S/c1-8-6-11(19-24-8)16-12(20)7-25(21,22)14-18-17-13(23-14)9-2-4-10(15)5-3-9/h2-6H,7H2,1H3,(H,16,19,20). The van der Waals surface area contributed by atoms with E-state index in [0.717, 1.165) is 0 Å². The van der Waals surface area contributed by atoms with E-state index in [9.17, 15) is 13.2 Å². The summed E-state index contributed by atoms with van der Waals surface area (Å²) in [4.78, 5) is 11.8. The number of nitrogens with one attached hydrogen (secondary N) is 1. The number of amides is 1. The van der Waals surface area contributed by atoms with Crippen molar-refractivity contribution in [1.29, 1.82) is 0 Å². The van der Waals surface area contributed by atoms with E-state index >= 15 is 0 Å². The largest absolute Gasteiger partial charge is 0.408 e. The first kappa shape index (κ1) is 17.1. The number of carbonyl (C=O) groups excluding carboxylic acids is 1. The van der Waals surface area contributed by atoms with Gasteiger partial charge < -0.3 is 14.3 Å². The fraction of sp³-hybridized carbons (Fsp3) is 0.143. The highest BCUT2D eigenvalue weighted by atomic mass is 35.5. The summed E-state index contributed by atoms with van der Waals surface area (Å²) in [5, 5.41) is 12.9. The van der Waals surface area contributed by atoms with Gasteiger partial charge in [0.05, 0.1) is 0 Å². The van der Waals surface area contributed by atoms with Crippen LogP contribution in [0.15, 0.2) is 44.5 Å². The van der Waals surface area contributed by atoms with Crippen molar-refractivity contribution in [3.63, 3.8) is 0 Å². The number of halogens is 1. The first-order valence-corrected chi connectivity index (χ1v) is 8.92. The summed E-state index contributed by atoms with van der Waals surface area (Å²) in [5.41, 5.74) is 0.501. The van der Waals surface area contributed by atoms with Gasteiger partial charge in [0, 0.05) is 16.7 Å². The van der Waals surface area contributed by atoms with Gasteiger partial charge in [-0.1, -0.05) is 21.9 Å². The van der Waals surface area contributed by atoms with Gasteiger partial charge in [0.2, 0.25) is 21.6 Å². The highest BCUT2D eigenvalue weighted by Gasteiger charge is 2.26. The second kappa shape index (κ2) is 6.65. The number of aryl methyl sites for hydroxylation is 1. The SMILES string of the molecule is Cc1cc(NC(=O)CS(=O)(=O)c2nnc(-c3ccc(Cl)cc3)o2)no1. The summed E-state index contributed by atoms with van der Waals surface area (Å²) in [6, 6.07) is 7.86. The zero-order valence-electron chi connectivity index (χ0n) is 12.8. The van der Waals surface area contributed by atoms with Crippen LogP contribution in [0.25, 0.3) is 11.5 Å². The van der Waals surface area contributed by atoms with Gasteiger partial charge >= 0.3 is 5.22 Å². The van der Waals surface area contributed by atoms with Crippen LogP contribution < -0.4 is 5.32 Å². The van der Waals surface area contributed by atoms with Crippen molar-refractivity contribution in [3.05, 3.63) is 41.1 Å². The molecule has 0 fully saturated rings. The first-order chi connectivity index (χ1) is 11.8. The van der Waals surface area contributed by atoms with Crippen molar-refractivity contribution in [2.24, 2.45) is 0 Å². The molecule has 0 saturated heterocycles. The fourth-order valence-electron chi connectivity index (χ4n) is 1.88. The highest BCUT2D eigenvalue weighted by Crippen LogP contribution is 2.22. The zero-order valence-corrected chi connectivity index (χ0v) is 14.3. The lowest BCUT2D eigenvalue weighted by Crippen LogP contribution is -2.23. The molecular weight excluding hydrogens is 372 g/mol. The number of benzene rings is 1. The number of sulfone groups is 1. The van der Waals surface area contributed by atoms with Gasteiger partial charge in [0.25, 0.3) is 0 Å². The molecule has 0 spiro atoms. The van der Waals surface area contributed by atoms with Crippen LogP contribution in [-0.2, 0) is 14.6 Å². The number of anilines is 1. The minimum Gasteiger partial charge on any atom is -0.408 e. The zero-order chi connectivity index (χ0) is 18.0. The molecular formula is C14H11ClN4O5S. The third-order valence-electron chi connectivity index (χ3n) is 2.98. The average Bonchev–Trinajstić information content (AvgIpc) is 3.17. The van der Waals surface area contributed by atoms with Crippen molar-refractivity contribution >= 4 is 33.2 Å². The minimum absolute atomic E-state index is 0.00257. The molecule has 0 aliphatic rings. The Bertz CT molecular complexity index is 1010. The third kappa shape index (κ3) is 4.03. The number of carbonyl (C=O) groups is 1. The van der Waals surface area contributed by atoms with Crippen LogP contribution in [0.4, 0.5) is 5.82 Å². The molecule has 0 unspecified atom stereocenters. The van der Waals surface area contributed by atoms with Gasteiger partial charge in [0.15, 0.2) is 5.82 Å². The van der Waals surface area contributed by atoms with E-state index in [1.807, 2.05) is 0 Å². The van der Waals surface area contributed by atoms with Gasteiger partial charge in [-0.25, -0.2) is 8.42 Å². The first-order valence-electron chi connectivity index (χ1n) is 6.89. The van der Waals surface area contributed by atoms with E-state index in [0.29, 0.717) is 16.3 Å². The number of hydrogen-bond acceptors (Lipinski definition) is 8. The Labute approximate surface area is 146 Å². The van der Waals surface area contributed by atoms with E-state index in [1.165, 1.54) is 6.07 Å². The Balaban J connectivity index is 1.74. The van der Waals surface area contributed by atoms with Crippen LogP contribution in [0, 0.1) is 6.92 Å². The Hall–Kier alpha value is -2.72. The molecule has 1 amide bonds. The topological polar surface area (TPSA) is 128 Å². The van der Waals surface area contributed by atoms with Crippen LogP contribution in [0.5, 0.6) is 0 Å². The van der Waals surface area contributed by atoms with Crippen LogP contribution in [0.2, 0.25) is 5.02 Å². The number of hydrogen-bond donors (Lipinski definition) is 1. The Kier molecular flexibility index (Phi) is 4.55. The van der Waals surface area contributed by atoms with Crippen LogP contribution in [0.1, 0.15) is 5.76 Å². The molecule has 3 aromatic rings. The average molecular weight is 383 g/mol. The van der Waals surface area contributed by atoms with Gasteiger partial charge in [-0.15, -0.1) is 5.10 Å². The predicted octanol–water partition coefficient (Wildman–Crippen LogP) is 2.10. The highest BCUT2D eigenvalue weighted by molar-refractivity contribution is 7.91. The van der Waals surface area contributed by atoms with Crippen molar-refractivity contribution in [2.45, 2.75) is 12.1 Å². The maximum Gasteiger partial charge on any atom is 0.336 e. The number of rotatable bonds is 5. The molecule has 1 N–H and O–H groups in total. The molecule has 0 atom stereocenters. The molecule has 2 heterocycles. The molecule has 0 bridgehead atoms. The third-order valence-corrected chi connectivity index (χ3v) is 4.57. The fourth-order valence-corrected chi connectivity index (χ4v) is 2.92. The van der Waals surface area contributed by atoms with Crippen molar-refractivity contribution in [1.82, 2.24) is 15.4 Å². The summed E-state index contributed by atoms with van der Waals surface area (Å²) in [6.07, 6.45) is 0. The van der Waals surface area contributed by atoms with Gasteiger partial charge in [-0.3, -0.25) is 4.79 Å². The number of nitrogens with zero attached hydrogens (tertiary/aromatic N) is 3. The summed E-state index contributed by atoms with van der Waals surface area (Å²) in [7, 11) is -4.10. The Morgan fingerprint density at radius 2 is 1.96 bits per heavy atom. The second-order valence-electron chi connectivity index (χ2n) is 5.01. The summed E-state index contributed by atoms with van der Waals surface area (Å²) in [5.74, 6) is -1.09. The van der Waals surface area contributed by atoms with Crippen LogP contribution in [-0.4, -0.2) is 35.4 Å². The molecule has 0 aliphatic heterocycles. The smallest absolute Gasteiger partial charge is 0.336 e. The van der Waals surface area contributed by atoms with E-state index in [1.54, 1.807) is 31.2 Å². The molecule has 1 aromatic carbocycles. The van der Waals surface area contributed by atoms with Crippen LogP contribution >= 0.6 is 11.6 Å². The lowest BCUT2D eigenvalue weighted by Gasteiger charge is -2.00. The van der Waals surface area contributed by atoms with Crippen molar-refractivity contribution in [2.75, 3.05) is 11.1 Å². The van der Waals surface area contributed by atoms with E-state index in [2.05, 4.69) is 20.7 Å². The molecule has 25 heavy (non-hydrogen) atoms. The van der Waals surface area contributed by atoms with E-state index in [-0.39, 0.29) is 11.7 Å². The van der Waals surface area contributed by atoms with E-state index < -0.39 is 26.7 Å². The van der Waals surface area contributed by atoms with Gasteiger partial charge in [-0.2, -0.15) is 0 Å². The molecule has 0 aliphatic carbocycles. The molecule has 2 aromatic heterocycles. The minimum atomic E-state index is -4.10. The quantitative estimate of drug-likeness (QED) is 0.710. The summed E-state index contributed by atoms with van der Waals surface area (Å²) >= 11 is 5.78. The Morgan fingerprint density at radius 1 is 1.24 bits per heavy atom. The monoisotopic (exact) mass is 382 g/mol. The van der Waals surface area contributed by atoms with Gasteiger partial charge in [0.1, 0.15) is 11.5 Å². The maximum atomic E-state index is 12.2. The predicted molar refractivity (Wildman–Crippen MR) is 86.7 cm³/mol. The lowest BCUT2D eigenvalue weighted by molar-refractivity contribution is -0.113. The second-order valence-corrected chi connectivity index (χ2v) is 7.31. The normalized spacial score (nSPS) is 11.4. The molecule has 9 nitrogen and oxygen atoms in total. The lowest BCUT2D eigenvalue weighted by atomic mass is 10.2. The van der Waals surface area contributed by atoms with Gasteiger partial charge in [-0.05, 0) is 31.2 Å². The molecule has 0 radical (unpaired) electrons. The maximum absolute atomic E-state index is 12.2. The molecule has 0 saturated carbocycles. The van der Waals surface area contributed by atoms with Crippen LogP contribution in [0.3, 0.4) is 0 Å². The summed E-state index contributed by atoms with van der Waals surface area (Å²) < 4.78 is 34.4. The number of aromatic nitrogens is 3. The summed E-state index contributed by atoms with van der Waals surface area (Å²) in [6.45, 7) is 1.64. The molecule has 130 valence electrons. The Morgan fingerprint density at radius 3 is 2.60 bits per heavy atom. The molecule has 3 rings (SSSR count). The van der Waals surface area contributed by atoms with Crippen molar-refractivity contribution < 1.29 is 22.2 Å². The van der Waals surface area contributed by atoms with Crippen molar-refractivity contribution in [3.8, 4) is 11.5 Å². The molecule has 11 heteroatoms. The van der Waals surface area contributed by atoms with E-state index in [4.69, 9.17) is 20.5 Å².